The van der Waals surface area contributed by atoms with Crippen LogP contribution in [-0.4, -0.2) is 0 Å². The first-order valence-electron chi connectivity index (χ1n) is 13.5. The van der Waals surface area contributed by atoms with E-state index in [0.717, 1.165) is 66.1 Å². The third-order valence-corrected chi connectivity index (χ3v) is 7.71. The molecule has 0 aliphatic heterocycles. The van der Waals surface area contributed by atoms with Gasteiger partial charge in [0.25, 0.3) is 0 Å². The summed E-state index contributed by atoms with van der Waals surface area (Å²) in [5.74, 6) is 0. The number of fused-ring (bicyclic) bond motifs is 6. The molecule has 8 aromatic rings. The molecule has 0 amide bonds. The maximum Gasteiger partial charge on any atom is 0.135 e. The molecule has 0 radical (unpaired) electrons. The molecule has 2 heterocycles. The summed E-state index contributed by atoms with van der Waals surface area (Å²) in [6, 6.07) is 51.0. The lowest BCUT2D eigenvalue weighted by Gasteiger charge is -2.18. The fourth-order valence-corrected chi connectivity index (χ4v) is 5.88. The standard InChI is InChI=1S/C38H24O2/c1-3-11-25(12-4-1)37(27-19-21-35-31(23-27)29-15-7-9-17-33(29)39-35)38(26-13-5-2-6-14-26)28-20-22-36-32(24-28)30-16-8-10-18-34(30)40-36/h1-24H. The molecule has 0 saturated carbocycles. The van der Waals surface area contributed by atoms with Crippen LogP contribution in [0.4, 0.5) is 0 Å². The topological polar surface area (TPSA) is 26.3 Å². The SMILES string of the molecule is c1ccc(C(=C(c2ccccc2)c2ccc3oc4ccccc4c3c2)c2ccc3oc4ccccc4c3c2)cc1. The second kappa shape index (κ2) is 9.14. The third-order valence-electron chi connectivity index (χ3n) is 7.71. The monoisotopic (exact) mass is 512 g/mol. The average Bonchev–Trinajstić information content (AvgIpc) is 3.58. The summed E-state index contributed by atoms with van der Waals surface area (Å²) in [6.07, 6.45) is 0. The molecule has 0 unspecified atom stereocenters. The number of benzene rings is 6. The van der Waals surface area contributed by atoms with E-state index in [0.29, 0.717) is 0 Å². The van der Waals surface area contributed by atoms with Crippen LogP contribution in [0.2, 0.25) is 0 Å². The zero-order chi connectivity index (χ0) is 26.5. The van der Waals surface area contributed by atoms with Gasteiger partial charge in [-0.2, -0.15) is 0 Å². The van der Waals surface area contributed by atoms with Crippen LogP contribution in [-0.2, 0) is 0 Å². The van der Waals surface area contributed by atoms with E-state index in [2.05, 4.69) is 121 Å². The van der Waals surface area contributed by atoms with E-state index < -0.39 is 0 Å². The first kappa shape index (κ1) is 22.6. The third kappa shape index (κ3) is 3.65. The highest BCUT2D eigenvalue weighted by molar-refractivity contribution is 6.12. The van der Waals surface area contributed by atoms with Crippen LogP contribution in [0.5, 0.6) is 0 Å². The molecule has 2 nitrogen and oxygen atoms in total. The van der Waals surface area contributed by atoms with Crippen molar-refractivity contribution in [2.24, 2.45) is 0 Å². The van der Waals surface area contributed by atoms with Crippen molar-refractivity contribution < 1.29 is 8.83 Å². The summed E-state index contributed by atoms with van der Waals surface area (Å²) < 4.78 is 12.4. The Bertz CT molecular complexity index is 2040. The minimum Gasteiger partial charge on any atom is -0.456 e. The van der Waals surface area contributed by atoms with E-state index in [9.17, 15) is 0 Å². The molecule has 0 fully saturated rings. The maximum atomic E-state index is 6.18. The smallest absolute Gasteiger partial charge is 0.135 e. The van der Waals surface area contributed by atoms with Crippen LogP contribution < -0.4 is 0 Å². The summed E-state index contributed by atoms with van der Waals surface area (Å²) in [5, 5.41) is 4.48. The van der Waals surface area contributed by atoms with Crippen molar-refractivity contribution in [1.29, 1.82) is 0 Å². The highest BCUT2D eigenvalue weighted by Gasteiger charge is 2.19. The molecule has 0 N–H and O–H groups in total. The Morgan fingerprint density at radius 2 is 0.675 bits per heavy atom. The zero-order valence-corrected chi connectivity index (χ0v) is 21.7. The predicted molar refractivity (Wildman–Crippen MR) is 165 cm³/mol. The molecule has 6 aromatic carbocycles. The molecule has 0 bridgehead atoms. The van der Waals surface area contributed by atoms with Gasteiger partial charge in [-0.15, -0.1) is 0 Å². The highest BCUT2D eigenvalue weighted by Crippen LogP contribution is 2.41. The maximum absolute atomic E-state index is 6.18. The Morgan fingerprint density at radius 3 is 1.12 bits per heavy atom. The zero-order valence-electron chi connectivity index (χ0n) is 21.7. The molecule has 2 heteroatoms. The van der Waals surface area contributed by atoms with E-state index in [-0.39, 0.29) is 0 Å². The van der Waals surface area contributed by atoms with Gasteiger partial charge in [0.1, 0.15) is 22.3 Å². The molecule has 188 valence electrons. The van der Waals surface area contributed by atoms with Gasteiger partial charge in [0.05, 0.1) is 0 Å². The molecule has 8 rings (SSSR count). The van der Waals surface area contributed by atoms with Crippen molar-refractivity contribution in [1.82, 2.24) is 0 Å². The van der Waals surface area contributed by atoms with E-state index in [1.807, 2.05) is 24.3 Å². The largest absolute Gasteiger partial charge is 0.456 e. The number of hydrogen-bond donors (Lipinski definition) is 0. The summed E-state index contributed by atoms with van der Waals surface area (Å²) >= 11 is 0. The quantitative estimate of drug-likeness (QED) is 0.219. The Labute approximate surface area is 231 Å². The van der Waals surface area contributed by atoms with Crippen molar-refractivity contribution in [2.75, 3.05) is 0 Å². The van der Waals surface area contributed by atoms with Crippen LogP contribution >= 0.6 is 0 Å². The summed E-state index contributed by atoms with van der Waals surface area (Å²) in [5.41, 5.74) is 10.5. The molecule has 40 heavy (non-hydrogen) atoms. The summed E-state index contributed by atoms with van der Waals surface area (Å²) in [4.78, 5) is 0. The van der Waals surface area contributed by atoms with Crippen molar-refractivity contribution >= 4 is 55.0 Å². The molecular weight excluding hydrogens is 488 g/mol. The van der Waals surface area contributed by atoms with Gasteiger partial charge in [-0.3, -0.25) is 0 Å². The molecular formula is C38H24O2. The Morgan fingerprint density at radius 1 is 0.300 bits per heavy atom. The predicted octanol–water partition coefficient (Wildman–Crippen LogP) is 10.5. The van der Waals surface area contributed by atoms with E-state index in [1.165, 1.54) is 11.1 Å². The fourth-order valence-electron chi connectivity index (χ4n) is 5.88. The van der Waals surface area contributed by atoms with Crippen molar-refractivity contribution in [3.05, 3.63) is 168 Å². The van der Waals surface area contributed by atoms with Crippen LogP contribution in [0.3, 0.4) is 0 Å². The van der Waals surface area contributed by atoms with Crippen LogP contribution in [0.25, 0.3) is 55.0 Å². The number of furan rings is 2. The number of para-hydroxylation sites is 2. The van der Waals surface area contributed by atoms with Gasteiger partial charge in [-0.25, -0.2) is 0 Å². The minimum atomic E-state index is 0.893. The van der Waals surface area contributed by atoms with Crippen LogP contribution in [0.1, 0.15) is 22.3 Å². The van der Waals surface area contributed by atoms with Gasteiger partial charge in [0, 0.05) is 21.5 Å². The van der Waals surface area contributed by atoms with Crippen LogP contribution in [0.15, 0.2) is 154 Å². The lowest BCUT2D eigenvalue weighted by atomic mass is 9.85. The summed E-state index contributed by atoms with van der Waals surface area (Å²) in [7, 11) is 0. The van der Waals surface area contributed by atoms with Gasteiger partial charge in [0.15, 0.2) is 0 Å². The van der Waals surface area contributed by atoms with Crippen molar-refractivity contribution in [2.45, 2.75) is 0 Å². The number of rotatable bonds is 4. The van der Waals surface area contributed by atoms with Gasteiger partial charge in [0.2, 0.25) is 0 Å². The van der Waals surface area contributed by atoms with Gasteiger partial charge < -0.3 is 8.83 Å². The molecule has 0 spiro atoms. The molecule has 0 aliphatic carbocycles. The van der Waals surface area contributed by atoms with E-state index in [4.69, 9.17) is 8.83 Å². The minimum absolute atomic E-state index is 0.893. The van der Waals surface area contributed by atoms with Crippen LogP contribution in [0, 0.1) is 0 Å². The molecule has 0 atom stereocenters. The lowest BCUT2D eigenvalue weighted by Crippen LogP contribution is -1.97. The first-order valence-corrected chi connectivity index (χ1v) is 13.5. The lowest BCUT2D eigenvalue weighted by molar-refractivity contribution is 0.668. The molecule has 2 aromatic heterocycles. The summed E-state index contributed by atoms with van der Waals surface area (Å²) in [6.45, 7) is 0. The van der Waals surface area contributed by atoms with Gasteiger partial charge in [-0.05, 0) is 69.8 Å². The fraction of sp³-hybridized carbons (Fsp3) is 0. The Kier molecular flexibility index (Phi) is 5.17. The second-order valence-corrected chi connectivity index (χ2v) is 10.1. The Hall–Kier alpha value is -5.34. The van der Waals surface area contributed by atoms with E-state index in [1.54, 1.807) is 0 Å². The molecule has 0 aliphatic rings. The van der Waals surface area contributed by atoms with E-state index >= 15 is 0 Å². The second-order valence-electron chi connectivity index (χ2n) is 10.1. The highest BCUT2D eigenvalue weighted by atomic mass is 16.3. The van der Waals surface area contributed by atoms with Crippen molar-refractivity contribution in [3.8, 4) is 0 Å². The first-order chi connectivity index (χ1) is 19.8. The van der Waals surface area contributed by atoms with Gasteiger partial charge >= 0.3 is 0 Å². The number of hydrogen-bond acceptors (Lipinski definition) is 2. The molecule has 0 saturated heterocycles. The van der Waals surface area contributed by atoms with Crippen molar-refractivity contribution in [3.63, 3.8) is 0 Å². The normalized spacial score (nSPS) is 12.4. The average molecular weight is 513 g/mol. The Balaban J connectivity index is 1.48. The van der Waals surface area contributed by atoms with Gasteiger partial charge in [-0.1, -0.05) is 109 Å².